The molecule has 0 saturated carbocycles. The molecule has 0 spiro atoms. The van der Waals surface area contributed by atoms with Gasteiger partial charge in [0.15, 0.2) is 0 Å². The molecule has 0 saturated heterocycles. The highest BCUT2D eigenvalue weighted by Crippen LogP contribution is 2.15. The van der Waals surface area contributed by atoms with Gasteiger partial charge in [-0.2, -0.15) is 0 Å². The molecule has 0 bridgehead atoms. The van der Waals surface area contributed by atoms with E-state index in [0.717, 1.165) is 17.1 Å². The first-order valence-corrected chi connectivity index (χ1v) is 4.81. The van der Waals surface area contributed by atoms with Gasteiger partial charge in [0.05, 0.1) is 13.2 Å². The molecule has 2 aromatic rings. The van der Waals surface area contributed by atoms with Crippen LogP contribution in [0.15, 0.2) is 36.7 Å². The van der Waals surface area contributed by atoms with Crippen LogP contribution in [0, 0.1) is 0 Å². The Hall–Kier alpha value is -1.81. The molecule has 3 N–H and O–H groups in total. The highest BCUT2D eigenvalue weighted by molar-refractivity contribution is 5.50. The molecule has 1 aromatic carbocycles. The smallest absolute Gasteiger partial charge is 0.125 e. The first-order chi connectivity index (χ1) is 7.40. The summed E-state index contributed by atoms with van der Waals surface area (Å²) in [6, 6.07) is 7.67. The van der Waals surface area contributed by atoms with Gasteiger partial charge in [-0.25, -0.2) is 4.98 Å². The molecule has 15 heavy (non-hydrogen) atoms. The lowest BCUT2D eigenvalue weighted by Crippen LogP contribution is -2.03. The van der Waals surface area contributed by atoms with E-state index in [4.69, 9.17) is 5.11 Å². The van der Waals surface area contributed by atoms with Gasteiger partial charge >= 0.3 is 0 Å². The third-order valence-electron chi connectivity index (χ3n) is 2.19. The largest absolute Gasteiger partial charge is 0.392 e. The second-order valence-electron chi connectivity index (χ2n) is 3.20. The third-order valence-corrected chi connectivity index (χ3v) is 2.19. The molecule has 78 valence electrons. The predicted octanol–water partition coefficient (Wildman–Crippen LogP) is 1.51. The summed E-state index contributed by atoms with van der Waals surface area (Å²) in [5.41, 5.74) is 1.83. The molecule has 0 unspecified atom stereocenters. The maximum absolute atomic E-state index is 9.11. The van der Waals surface area contributed by atoms with Gasteiger partial charge in [-0.1, -0.05) is 18.2 Å². The highest BCUT2D eigenvalue weighted by Gasteiger charge is 2.00. The number of aliphatic hydroxyl groups excluding tert-OH is 1. The van der Waals surface area contributed by atoms with Crippen LogP contribution >= 0.6 is 0 Å². The van der Waals surface area contributed by atoms with E-state index in [1.54, 1.807) is 12.4 Å². The molecule has 0 radical (unpaired) electrons. The summed E-state index contributed by atoms with van der Waals surface area (Å²) in [4.78, 5) is 7.11. The third kappa shape index (κ3) is 2.35. The summed E-state index contributed by atoms with van der Waals surface area (Å²) in [6.07, 6.45) is 3.50. The molecule has 2 rings (SSSR count). The highest BCUT2D eigenvalue weighted by atomic mass is 16.3. The molecule has 1 heterocycles. The summed E-state index contributed by atoms with van der Waals surface area (Å²) in [5.74, 6) is 0.878. The average molecular weight is 203 g/mol. The molecule has 0 aliphatic rings. The van der Waals surface area contributed by atoms with Gasteiger partial charge in [0, 0.05) is 23.6 Å². The fourth-order valence-corrected chi connectivity index (χ4v) is 1.40. The van der Waals surface area contributed by atoms with Crippen molar-refractivity contribution < 1.29 is 5.11 Å². The summed E-state index contributed by atoms with van der Waals surface area (Å²) >= 11 is 0. The Morgan fingerprint density at radius 2 is 2.20 bits per heavy atom. The Kier molecular flexibility index (Phi) is 2.99. The van der Waals surface area contributed by atoms with E-state index in [9.17, 15) is 0 Å². The van der Waals surface area contributed by atoms with Crippen molar-refractivity contribution in [1.29, 1.82) is 0 Å². The van der Waals surface area contributed by atoms with Crippen molar-refractivity contribution >= 4 is 5.69 Å². The number of rotatable bonds is 4. The van der Waals surface area contributed by atoms with E-state index >= 15 is 0 Å². The molecular formula is C11H13N3O. The van der Waals surface area contributed by atoms with Crippen LogP contribution in [0.3, 0.4) is 0 Å². The lowest BCUT2D eigenvalue weighted by Gasteiger charge is -2.08. The summed E-state index contributed by atoms with van der Waals surface area (Å²) in [7, 11) is 0. The van der Waals surface area contributed by atoms with Crippen LogP contribution in [-0.2, 0) is 13.2 Å². The number of para-hydroxylation sites is 1. The second-order valence-corrected chi connectivity index (χ2v) is 3.20. The number of hydrogen-bond acceptors (Lipinski definition) is 3. The van der Waals surface area contributed by atoms with E-state index in [1.807, 2.05) is 24.3 Å². The molecule has 4 nitrogen and oxygen atoms in total. The zero-order chi connectivity index (χ0) is 10.5. The lowest BCUT2D eigenvalue weighted by atomic mass is 10.2. The van der Waals surface area contributed by atoms with E-state index in [2.05, 4.69) is 15.3 Å². The summed E-state index contributed by atoms with van der Waals surface area (Å²) < 4.78 is 0. The lowest BCUT2D eigenvalue weighted by molar-refractivity contribution is 0.282. The minimum atomic E-state index is 0.0430. The normalized spacial score (nSPS) is 10.2. The van der Waals surface area contributed by atoms with E-state index in [-0.39, 0.29) is 6.61 Å². The van der Waals surface area contributed by atoms with Crippen LogP contribution in [-0.4, -0.2) is 15.1 Å². The van der Waals surface area contributed by atoms with Crippen LogP contribution in [0.4, 0.5) is 5.69 Å². The number of aliphatic hydroxyl groups is 1. The Morgan fingerprint density at radius 3 is 2.93 bits per heavy atom. The average Bonchev–Trinajstić information content (AvgIpc) is 2.79. The number of anilines is 1. The van der Waals surface area contributed by atoms with Gasteiger partial charge in [-0.15, -0.1) is 0 Å². The van der Waals surface area contributed by atoms with Crippen molar-refractivity contribution in [3.8, 4) is 0 Å². The van der Waals surface area contributed by atoms with Gasteiger partial charge in [-0.05, 0) is 6.07 Å². The Morgan fingerprint density at radius 1 is 1.33 bits per heavy atom. The fraction of sp³-hybridized carbons (Fsp3) is 0.182. The quantitative estimate of drug-likeness (QED) is 0.706. The number of aromatic amines is 1. The van der Waals surface area contributed by atoms with Gasteiger partial charge in [0.2, 0.25) is 0 Å². The first-order valence-electron chi connectivity index (χ1n) is 4.81. The van der Waals surface area contributed by atoms with E-state index in [0.29, 0.717) is 6.54 Å². The number of nitrogens with zero attached hydrogens (tertiary/aromatic N) is 1. The van der Waals surface area contributed by atoms with Gasteiger partial charge in [0.25, 0.3) is 0 Å². The monoisotopic (exact) mass is 203 g/mol. The molecule has 0 amide bonds. The van der Waals surface area contributed by atoms with Gasteiger partial charge in [-0.3, -0.25) is 0 Å². The number of aromatic nitrogens is 2. The summed E-state index contributed by atoms with van der Waals surface area (Å²) in [5, 5.41) is 12.3. The van der Waals surface area contributed by atoms with Crippen molar-refractivity contribution in [1.82, 2.24) is 9.97 Å². The number of imidazole rings is 1. The van der Waals surface area contributed by atoms with Gasteiger partial charge < -0.3 is 15.4 Å². The molecular weight excluding hydrogens is 190 g/mol. The fourth-order valence-electron chi connectivity index (χ4n) is 1.40. The molecule has 0 fully saturated rings. The minimum Gasteiger partial charge on any atom is -0.392 e. The molecule has 1 aromatic heterocycles. The standard InChI is InChI=1S/C11H13N3O/c15-8-9-3-1-2-4-10(9)14-7-11-12-5-6-13-11/h1-6,14-15H,7-8H2,(H,12,13). The number of hydrogen-bond donors (Lipinski definition) is 3. The molecule has 0 atom stereocenters. The topological polar surface area (TPSA) is 60.9 Å². The van der Waals surface area contributed by atoms with Crippen molar-refractivity contribution in [3.63, 3.8) is 0 Å². The molecule has 4 heteroatoms. The van der Waals surface area contributed by atoms with Crippen molar-refractivity contribution in [2.24, 2.45) is 0 Å². The van der Waals surface area contributed by atoms with Crippen LogP contribution in [0.5, 0.6) is 0 Å². The first kappa shape index (κ1) is 9.73. The number of nitrogens with one attached hydrogen (secondary N) is 2. The maximum Gasteiger partial charge on any atom is 0.125 e. The van der Waals surface area contributed by atoms with E-state index in [1.165, 1.54) is 0 Å². The van der Waals surface area contributed by atoms with Gasteiger partial charge in [0.1, 0.15) is 5.82 Å². The van der Waals surface area contributed by atoms with Crippen molar-refractivity contribution in [3.05, 3.63) is 48.0 Å². The second kappa shape index (κ2) is 4.61. The molecule has 0 aliphatic heterocycles. The Balaban J connectivity index is 2.04. The van der Waals surface area contributed by atoms with Crippen LogP contribution in [0.25, 0.3) is 0 Å². The van der Waals surface area contributed by atoms with Crippen LogP contribution < -0.4 is 5.32 Å². The zero-order valence-corrected chi connectivity index (χ0v) is 8.27. The van der Waals surface area contributed by atoms with Crippen molar-refractivity contribution in [2.45, 2.75) is 13.2 Å². The minimum absolute atomic E-state index is 0.0430. The number of benzene rings is 1. The summed E-state index contributed by atoms with van der Waals surface area (Å²) in [6.45, 7) is 0.672. The van der Waals surface area contributed by atoms with Crippen LogP contribution in [0.1, 0.15) is 11.4 Å². The SMILES string of the molecule is OCc1ccccc1NCc1ncc[nH]1. The Bertz CT molecular complexity index is 412. The Labute approximate surface area is 88.0 Å². The predicted molar refractivity (Wildman–Crippen MR) is 58.3 cm³/mol. The van der Waals surface area contributed by atoms with E-state index < -0.39 is 0 Å². The maximum atomic E-state index is 9.11. The van der Waals surface area contributed by atoms with Crippen LogP contribution in [0.2, 0.25) is 0 Å². The van der Waals surface area contributed by atoms with Crippen molar-refractivity contribution in [2.75, 3.05) is 5.32 Å². The number of H-pyrrole nitrogens is 1. The zero-order valence-electron chi connectivity index (χ0n) is 8.27. The molecule has 0 aliphatic carbocycles.